The monoisotopic (exact) mass is 425 g/mol. The molecule has 5 nitrogen and oxygen atoms in total. The highest BCUT2D eigenvalue weighted by molar-refractivity contribution is 6.35. The number of carboxylic acid groups (broad SMARTS) is 1. The smallest absolute Gasteiger partial charge is 0.411 e. The van der Waals surface area contributed by atoms with Gasteiger partial charge in [0.2, 0.25) is 0 Å². The maximum absolute atomic E-state index is 14.1. The lowest BCUT2D eigenvalue weighted by molar-refractivity contribution is -0.150. The molecule has 1 N–H and O–H groups in total. The molecule has 1 saturated carbocycles. The number of ether oxygens (including phenoxy) is 1. The second-order valence-corrected chi connectivity index (χ2v) is 7.58. The van der Waals surface area contributed by atoms with Gasteiger partial charge in [-0.15, -0.1) is 0 Å². The summed E-state index contributed by atoms with van der Waals surface area (Å²) >= 11 is 11.9. The Labute approximate surface area is 171 Å². The SMILES string of the molecule is CC(C(=O)O)(c1cc(F)c(Cl)cc1Cl)N(C(=O)OCc1ccccc1)C1CC1. The maximum Gasteiger partial charge on any atom is 0.411 e. The summed E-state index contributed by atoms with van der Waals surface area (Å²) < 4.78 is 19.4. The molecule has 2 aromatic rings. The van der Waals surface area contributed by atoms with Gasteiger partial charge in [-0.2, -0.15) is 0 Å². The van der Waals surface area contributed by atoms with Gasteiger partial charge in [0, 0.05) is 16.6 Å². The summed E-state index contributed by atoms with van der Waals surface area (Å²) in [6.07, 6.45) is 0.441. The lowest BCUT2D eigenvalue weighted by Gasteiger charge is -2.38. The van der Waals surface area contributed by atoms with E-state index in [1.807, 2.05) is 6.07 Å². The fourth-order valence-corrected chi connectivity index (χ4v) is 3.63. The van der Waals surface area contributed by atoms with Gasteiger partial charge in [0.1, 0.15) is 12.4 Å². The number of halogens is 3. The van der Waals surface area contributed by atoms with Crippen LogP contribution in [0.2, 0.25) is 10.0 Å². The molecule has 1 unspecified atom stereocenters. The Morgan fingerprint density at radius 2 is 1.86 bits per heavy atom. The van der Waals surface area contributed by atoms with Crippen molar-refractivity contribution in [2.45, 2.75) is 38.0 Å². The first-order valence-corrected chi connectivity index (χ1v) is 9.39. The van der Waals surface area contributed by atoms with E-state index < -0.39 is 23.4 Å². The number of carbonyl (C=O) groups is 2. The van der Waals surface area contributed by atoms with E-state index in [1.165, 1.54) is 6.92 Å². The van der Waals surface area contributed by atoms with Crippen LogP contribution < -0.4 is 0 Å². The standard InChI is InChI=1S/C20H18Cl2FNO4/c1-20(18(25)26,14-9-17(23)16(22)10-15(14)21)24(13-7-8-13)19(27)28-11-12-5-3-2-4-6-12/h2-6,9-10,13H,7-8,11H2,1H3,(H,25,26). The van der Waals surface area contributed by atoms with Gasteiger partial charge < -0.3 is 9.84 Å². The van der Waals surface area contributed by atoms with Gasteiger partial charge in [-0.25, -0.2) is 14.0 Å². The van der Waals surface area contributed by atoms with Crippen molar-refractivity contribution in [2.24, 2.45) is 0 Å². The largest absolute Gasteiger partial charge is 0.479 e. The number of carboxylic acids is 1. The molecule has 1 fully saturated rings. The third-order valence-electron chi connectivity index (χ3n) is 4.75. The summed E-state index contributed by atoms with van der Waals surface area (Å²) in [4.78, 5) is 26.3. The highest BCUT2D eigenvalue weighted by Gasteiger charge is 2.52. The van der Waals surface area contributed by atoms with Crippen molar-refractivity contribution in [1.29, 1.82) is 0 Å². The summed E-state index contributed by atoms with van der Waals surface area (Å²) in [5.41, 5.74) is -1.22. The summed E-state index contributed by atoms with van der Waals surface area (Å²) in [7, 11) is 0. The van der Waals surface area contributed by atoms with Crippen LogP contribution in [0, 0.1) is 5.82 Å². The number of hydrogen-bond donors (Lipinski definition) is 1. The maximum atomic E-state index is 14.1. The van der Waals surface area contributed by atoms with E-state index in [1.54, 1.807) is 24.3 Å². The van der Waals surface area contributed by atoms with E-state index in [0.29, 0.717) is 12.8 Å². The Kier molecular flexibility index (Phi) is 5.82. The van der Waals surface area contributed by atoms with Crippen LogP contribution in [0.25, 0.3) is 0 Å². The van der Waals surface area contributed by atoms with Crippen LogP contribution in [0.3, 0.4) is 0 Å². The zero-order valence-electron chi connectivity index (χ0n) is 15.0. The van der Waals surface area contributed by atoms with Gasteiger partial charge in [0.25, 0.3) is 0 Å². The van der Waals surface area contributed by atoms with Crippen LogP contribution in [-0.2, 0) is 21.7 Å². The lowest BCUT2D eigenvalue weighted by atomic mass is 9.89. The molecule has 28 heavy (non-hydrogen) atoms. The zero-order valence-corrected chi connectivity index (χ0v) is 16.5. The number of amides is 1. The fourth-order valence-electron chi connectivity index (χ4n) is 3.06. The molecule has 3 rings (SSSR count). The van der Waals surface area contributed by atoms with Crippen molar-refractivity contribution in [2.75, 3.05) is 0 Å². The van der Waals surface area contributed by atoms with Gasteiger partial charge >= 0.3 is 12.1 Å². The molecule has 0 bridgehead atoms. The first-order chi connectivity index (χ1) is 13.2. The Morgan fingerprint density at radius 1 is 1.21 bits per heavy atom. The van der Waals surface area contributed by atoms with E-state index in [2.05, 4.69) is 0 Å². The average molecular weight is 426 g/mol. The van der Waals surface area contributed by atoms with Crippen molar-refractivity contribution in [3.63, 3.8) is 0 Å². The summed E-state index contributed by atoms with van der Waals surface area (Å²) in [5, 5.41) is 9.71. The molecule has 0 spiro atoms. The first-order valence-electron chi connectivity index (χ1n) is 8.63. The molecule has 8 heteroatoms. The second kappa shape index (κ2) is 7.97. The van der Waals surface area contributed by atoms with Gasteiger partial charge in [-0.3, -0.25) is 4.90 Å². The van der Waals surface area contributed by atoms with Crippen molar-refractivity contribution in [3.8, 4) is 0 Å². The highest BCUT2D eigenvalue weighted by atomic mass is 35.5. The molecule has 1 aliphatic rings. The minimum Gasteiger partial charge on any atom is -0.479 e. The molecule has 0 heterocycles. The zero-order chi connectivity index (χ0) is 20.5. The summed E-state index contributed by atoms with van der Waals surface area (Å²) in [6, 6.07) is 10.8. The number of carbonyl (C=O) groups excluding carboxylic acids is 1. The van der Waals surface area contributed by atoms with Crippen LogP contribution >= 0.6 is 23.2 Å². The highest BCUT2D eigenvalue weighted by Crippen LogP contribution is 2.42. The first kappa shape index (κ1) is 20.4. The number of rotatable bonds is 6. The van der Waals surface area contributed by atoms with E-state index >= 15 is 0 Å². The quantitative estimate of drug-likeness (QED) is 0.643. The van der Waals surface area contributed by atoms with E-state index in [4.69, 9.17) is 27.9 Å². The van der Waals surface area contributed by atoms with Gasteiger partial charge in [-0.05, 0) is 37.5 Å². The summed E-state index contributed by atoms with van der Waals surface area (Å²) in [5.74, 6) is -2.17. The summed E-state index contributed by atoms with van der Waals surface area (Å²) in [6.45, 7) is 1.30. The molecular weight excluding hydrogens is 408 g/mol. The minimum absolute atomic E-state index is 0.0126. The molecule has 1 aliphatic carbocycles. The number of aliphatic carboxylic acids is 1. The Balaban J connectivity index is 1.96. The van der Waals surface area contributed by atoms with E-state index in [-0.39, 0.29) is 28.3 Å². The predicted octanol–water partition coefficient (Wildman–Crippen LogP) is 5.23. The van der Waals surface area contributed by atoms with Gasteiger partial charge in [0.15, 0.2) is 5.54 Å². The van der Waals surface area contributed by atoms with Gasteiger partial charge in [-0.1, -0.05) is 53.5 Å². The number of benzene rings is 2. The van der Waals surface area contributed by atoms with Gasteiger partial charge in [0.05, 0.1) is 5.02 Å². The second-order valence-electron chi connectivity index (χ2n) is 6.76. The topological polar surface area (TPSA) is 66.8 Å². The Morgan fingerprint density at radius 3 is 2.43 bits per heavy atom. The van der Waals surface area contributed by atoms with E-state index in [0.717, 1.165) is 22.6 Å². The van der Waals surface area contributed by atoms with Crippen molar-refractivity contribution >= 4 is 35.3 Å². The van der Waals surface area contributed by atoms with Crippen LogP contribution in [0.1, 0.15) is 30.9 Å². The van der Waals surface area contributed by atoms with Crippen molar-refractivity contribution in [1.82, 2.24) is 4.90 Å². The molecule has 0 aliphatic heterocycles. The number of hydrogen-bond acceptors (Lipinski definition) is 3. The predicted molar refractivity (Wildman–Crippen MR) is 103 cm³/mol. The Bertz CT molecular complexity index is 905. The van der Waals surface area contributed by atoms with Crippen LogP contribution in [0.5, 0.6) is 0 Å². The lowest BCUT2D eigenvalue weighted by Crippen LogP contribution is -2.54. The fraction of sp³-hybridized carbons (Fsp3) is 0.300. The molecular formula is C20H18Cl2FNO4. The molecule has 0 aromatic heterocycles. The molecule has 2 aromatic carbocycles. The van der Waals surface area contributed by atoms with Crippen molar-refractivity contribution < 1.29 is 23.8 Å². The normalized spacial score (nSPS) is 15.6. The van der Waals surface area contributed by atoms with Crippen LogP contribution in [0.4, 0.5) is 9.18 Å². The number of nitrogens with zero attached hydrogens (tertiary/aromatic N) is 1. The molecule has 148 valence electrons. The Hall–Kier alpha value is -2.31. The molecule has 1 amide bonds. The molecule has 0 radical (unpaired) electrons. The average Bonchev–Trinajstić information content (AvgIpc) is 3.48. The van der Waals surface area contributed by atoms with Crippen LogP contribution in [-0.4, -0.2) is 28.1 Å². The third-order valence-corrected chi connectivity index (χ3v) is 5.35. The molecule has 0 saturated heterocycles. The minimum atomic E-state index is -1.92. The van der Waals surface area contributed by atoms with Crippen molar-refractivity contribution in [3.05, 3.63) is 69.5 Å². The van der Waals surface area contributed by atoms with E-state index in [9.17, 15) is 19.1 Å². The molecule has 1 atom stereocenters. The van der Waals surface area contributed by atoms with Crippen LogP contribution in [0.15, 0.2) is 42.5 Å². The third kappa shape index (κ3) is 3.93.